The van der Waals surface area contributed by atoms with Crippen LogP contribution in [0.15, 0.2) is 27.1 Å². The SMILES string of the molecule is CC1CCCC(OCC(O)CNc2cc(Br)ccc2Br)C1. The molecule has 3 unspecified atom stereocenters. The topological polar surface area (TPSA) is 41.5 Å². The molecule has 1 aliphatic rings. The Labute approximate surface area is 143 Å². The first-order valence-corrected chi connectivity index (χ1v) is 9.11. The standard InChI is InChI=1S/C16H23Br2NO2/c1-11-3-2-4-14(7-11)21-10-13(20)9-19-16-8-12(17)5-6-15(16)18/h5-6,8,11,13-14,19-20H,2-4,7,9-10H2,1H3. The van der Waals surface area contributed by atoms with Gasteiger partial charge in [0.1, 0.15) is 0 Å². The number of rotatable bonds is 6. The molecule has 0 aliphatic heterocycles. The van der Waals surface area contributed by atoms with Gasteiger partial charge in [0, 0.05) is 21.2 Å². The Bertz CT molecular complexity index is 456. The maximum Gasteiger partial charge on any atom is 0.0945 e. The second-order valence-electron chi connectivity index (χ2n) is 5.89. The molecule has 2 rings (SSSR count). The molecule has 2 N–H and O–H groups in total. The van der Waals surface area contributed by atoms with Crippen molar-refractivity contribution >= 4 is 37.5 Å². The van der Waals surface area contributed by atoms with E-state index in [2.05, 4.69) is 44.1 Å². The van der Waals surface area contributed by atoms with E-state index in [0.717, 1.165) is 33.4 Å². The lowest BCUT2D eigenvalue weighted by Gasteiger charge is -2.27. The number of halogens is 2. The van der Waals surface area contributed by atoms with Crippen molar-refractivity contribution in [2.75, 3.05) is 18.5 Å². The average Bonchev–Trinajstić information content (AvgIpc) is 2.46. The lowest BCUT2D eigenvalue weighted by atomic mass is 9.89. The number of ether oxygens (including phenoxy) is 1. The predicted octanol–water partition coefficient (Wildman–Crippen LogP) is 4.58. The highest BCUT2D eigenvalue weighted by atomic mass is 79.9. The molecule has 118 valence electrons. The second kappa shape index (κ2) is 8.51. The third-order valence-corrected chi connectivity index (χ3v) is 5.05. The van der Waals surface area contributed by atoms with Crippen LogP contribution in [0.4, 0.5) is 5.69 Å². The van der Waals surface area contributed by atoms with Crippen molar-refractivity contribution < 1.29 is 9.84 Å². The molecule has 1 aromatic carbocycles. The van der Waals surface area contributed by atoms with Crippen molar-refractivity contribution in [2.24, 2.45) is 5.92 Å². The van der Waals surface area contributed by atoms with Gasteiger partial charge in [-0.3, -0.25) is 0 Å². The van der Waals surface area contributed by atoms with E-state index in [0.29, 0.717) is 19.3 Å². The minimum Gasteiger partial charge on any atom is -0.389 e. The summed E-state index contributed by atoms with van der Waals surface area (Å²) in [4.78, 5) is 0. The predicted molar refractivity (Wildman–Crippen MR) is 93.7 cm³/mol. The van der Waals surface area contributed by atoms with Gasteiger partial charge in [0.25, 0.3) is 0 Å². The molecule has 0 radical (unpaired) electrons. The maximum absolute atomic E-state index is 10.1. The largest absolute Gasteiger partial charge is 0.389 e. The summed E-state index contributed by atoms with van der Waals surface area (Å²) < 4.78 is 7.84. The van der Waals surface area contributed by atoms with Crippen LogP contribution in [0.5, 0.6) is 0 Å². The van der Waals surface area contributed by atoms with Crippen LogP contribution < -0.4 is 5.32 Å². The first kappa shape index (κ1) is 17.3. The number of aliphatic hydroxyl groups is 1. The summed E-state index contributed by atoms with van der Waals surface area (Å²) in [6.07, 6.45) is 4.62. The third kappa shape index (κ3) is 5.89. The van der Waals surface area contributed by atoms with Gasteiger partial charge in [-0.1, -0.05) is 35.7 Å². The summed E-state index contributed by atoms with van der Waals surface area (Å²) in [5, 5.41) is 13.3. The monoisotopic (exact) mass is 419 g/mol. The van der Waals surface area contributed by atoms with E-state index >= 15 is 0 Å². The Morgan fingerprint density at radius 2 is 2.19 bits per heavy atom. The molecular weight excluding hydrogens is 398 g/mol. The number of anilines is 1. The van der Waals surface area contributed by atoms with Crippen molar-refractivity contribution in [3.05, 3.63) is 27.1 Å². The van der Waals surface area contributed by atoms with E-state index in [1.54, 1.807) is 0 Å². The van der Waals surface area contributed by atoms with Crippen molar-refractivity contribution in [3.8, 4) is 0 Å². The van der Waals surface area contributed by atoms with Gasteiger partial charge in [-0.15, -0.1) is 0 Å². The van der Waals surface area contributed by atoms with E-state index < -0.39 is 6.10 Å². The molecule has 0 amide bonds. The molecule has 3 nitrogen and oxygen atoms in total. The molecule has 5 heteroatoms. The summed E-state index contributed by atoms with van der Waals surface area (Å²) in [5.41, 5.74) is 0.967. The lowest BCUT2D eigenvalue weighted by molar-refractivity contribution is -0.0274. The molecule has 1 aliphatic carbocycles. The lowest BCUT2D eigenvalue weighted by Crippen LogP contribution is -2.30. The van der Waals surface area contributed by atoms with Crippen molar-refractivity contribution in [2.45, 2.75) is 44.8 Å². The zero-order valence-corrected chi connectivity index (χ0v) is 15.5. The first-order chi connectivity index (χ1) is 10.0. The average molecular weight is 421 g/mol. The number of nitrogens with one attached hydrogen (secondary N) is 1. The maximum atomic E-state index is 10.1. The zero-order valence-electron chi connectivity index (χ0n) is 12.3. The van der Waals surface area contributed by atoms with Gasteiger partial charge in [0.2, 0.25) is 0 Å². The van der Waals surface area contributed by atoms with E-state index in [4.69, 9.17) is 4.74 Å². The van der Waals surface area contributed by atoms with Crippen molar-refractivity contribution in [3.63, 3.8) is 0 Å². The summed E-state index contributed by atoms with van der Waals surface area (Å²) in [7, 11) is 0. The number of hydrogen-bond acceptors (Lipinski definition) is 3. The minimum atomic E-state index is -0.492. The highest BCUT2D eigenvalue weighted by molar-refractivity contribution is 9.11. The highest BCUT2D eigenvalue weighted by Crippen LogP contribution is 2.27. The third-order valence-electron chi connectivity index (χ3n) is 3.87. The van der Waals surface area contributed by atoms with Crippen LogP contribution in [0.1, 0.15) is 32.6 Å². The van der Waals surface area contributed by atoms with Crippen LogP contribution in [0.3, 0.4) is 0 Å². The molecule has 1 aromatic rings. The fraction of sp³-hybridized carbons (Fsp3) is 0.625. The fourth-order valence-electron chi connectivity index (χ4n) is 2.70. The summed E-state index contributed by atoms with van der Waals surface area (Å²) in [6.45, 7) is 3.16. The number of benzene rings is 1. The van der Waals surface area contributed by atoms with Crippen molar-refractivity contribution in [1.29, 1.82) is 0 Å². The number of aliphatic hydroxyl groups excluding tert-OH is 1. The molecule has 0 saturated heterocycles. The first-order valence-electron chi connectivity index (χ1n) is 7.53. The van der Waals surface area contributed by atoms with E-state index in [9.17, 15) is 5.11 Å². The van der Waals surface area contributed by atoms with Crippen LogP contribution in [-0.4, -0.2) is 30.5 Å². The van der Waals surface area contributed by atoms with Crippen molar-refractivity contribution in [1.82, 2.24) is 0 Å². The van der Waals surface area contributed by atoms with Crippen LogP contribution in [-0.2, 0) is 4.74 Å². The highest BCUT2D eigenvalue weighted by Gasteiger charge is 2.20. The molecular formula is C16H23Br2NO2. The van der Waals surface area contributed by atoms with Gasteiger partial charge < -0.3 is 15.2 Å². The molecule has 3 atom stereocenters. The Kier molecular flexibility index (Phi) is 6.99. The van der Waals surface area contributed by atoms with Crippen LogP contribution >= 0.6 is 31.9 Å². The van der Waals surface area contributed by atoms with Gasteiger partial charge >= 0.3 is 0 Å². The molecule has 0 aromatic heterocycles. The molecule has 1 fully saturated rings. The smallest absolute Gasteiger partial charge is 0.0945 e. The van der Waals surface area contributed by atoms with Gasteiger partial charge in [0.15, 0.2) is 0 Å². The second-order valence-corrected chi connectivity index (χ2v) is 7.66. The Balaban J connectivity index is 1.72. The summed E-state index contributed by atoms with van der Waals surface area (Å²) in [5.74, 6) is 0.747. The Morgan fingerprint density at radius 3 is 2.95 bits per heavy atom. The number of hydrogen-bond donors (Lipinski definition) is 2. The van der Waals surface area contributed by atoms with Gasteiger partial charge in [-0.05, 0) is 52.9 Å². The normalized spacial score (nSPS) is 23.8. The molecule has 0 bridgehead atoms. The molecule has 1 saturated carbocycles. The summed E-state index contributed by atoms with van der Waals surface area (Å²) in [6, 6.07) is 5.93. The molecule has 0 heterocycles. The van der Waals surface area contributed by atoms with E-state index in [-0.39, 0.29) is 0 Å². The Morgan fingerprint density at radius 1 is 1.38 bits per heavy atom. The van der Waals surface area contributed by atoms with Crippen LogP contribution in [0, 0.1) is 5.92 Å². The van der Waals surface area contributed by atoms with E-state index in [1.165, 1.54) is 12.8 Å². The zero-order chi connectivity index (χ0) is 15.2. The molecule has 21 heavy (non-hydrogen) atoms. The minimum absolute atomic E-state index is 0.320. The quantitative estimate of drug-likeness (QED) is 0.707. The van der Waals surface area contributed by atoms with Crippen LogP contribution in [0.2, 0.25) is 0 Å². The molecule has 0 spiro atoms. The van der Waals surface area contributed by atoms with Gasteiger partial charge in [0.05, 0.1) is 18.8 Å². The van der Waals surface area contributed by atoms with E-state index in [1.807, 2.05) is 18.2 Å². The van der Waals surface area contributed by atoms with Gasteiger partial charge in [-0.2, -0.15) is 0 Å². The Hall–Kier alpha value is -0.100. The fourth-order valence-corrected chi connectivity index (χ4v) is 3.44. The van der Waals surface area contributed by atoms with Crippen LogP contribution in [0.25, 0.3) is 0 Å². The summed E-state index contributed by atoms with van der Waals surface area (Å²) >= 11 is 6.94. The van der Waals surface area contributed by atoms with Gasteiger partial charge in [-0.25, -0.2) is 0 Å².